The Morgan fingerprint density at radius 2 is 1.85 bits per heavy atom. The van der Waals surface area contributed by atoms with Crippen molar-refractivity contribution in [3.63, 3.8) is 0 Å². The van der Waals surface area contributed by atoms with Crippen molar-refractivity contribution in [1.29, 1.82) is 0 Å². The van der Waals surface area contributed by atoms with Crippen molar-refractivity contribution >= 4 is 17.5 Å². The van der Waals surface area contributed by atoms with E-state index in [0.717, 1.165) is 44.1 Å². The first-order chi connectivity index (χ1) is 12.5. The molecule has 5 nitrogen and oxygen atoms in total. The van der Waals surface area contributed by atoms with Crippen molar-refractivity contribution in [3.8, 4) is 0 Å². The van der Waals surface area contributed by atoms with E-state index in [1.807, 2.05) is 0 Å². The smallest absolute Gasteiger partial charge is 0.227 e. The molecule has 3 fully saturated rings. The second kappa shape index (κ2) is 6.95. The largest absolute Gasteiger partial charge is 0.353 e. The van der Waals surface area contributed by atoms with Crippen LogP contribution in [0.4, 0.5) is 14.5 Å². The fourth-order valence-electron chi connectivity index (χ4n) is 3.98. The Balaban J connectivity index is 1.33. The standard InChI is InChI=1S/C19H23F2N3O2/c20-13-1-4-17(16(21)10-13)24-11-12(9-18(24)25)19(26)22-14-5-7-23(8-6-14)15-2-3-15/h1,4,10,12,14-15H,2-3,5-9,11H2,(H,22,26). The van der Waals surface area contributed by atoms with Gasteiger partial charge in [-0.3, -0.25) is 9.59 Å². The number of rotatable bonds is 4. The summed E-state index contributed by atoms with van der Waals surface area (Å²) in [7, 11) is 0. The highest BCUT2D eigenvalue weighted by molar-refractivity contribution is 6.00. The molecular formula is C19H23F2N3O2. The summed E-state index contributed by atoms with van der Waals surface area (Å²) in [4.78, 5) is 28.5. The Morgan fingerprint density at radius 3 is 2.50 bits per heavy atom. The molecule has 2 amide bonds. The zero-order chi connectivity index (χ0) is 18.3. The Morgan fingerprint density at radius 1 is 1.12 bits per heavy atom. The van der Waals surface area contributed by atoms with Crippen molar-refractivity contribution in [2.24, 2.45) is 5.92 Å². The topological polar surface area (TPSA) is 52.7 Å². The molecule has 2 heterocycles. The van der Waals surface area contributed by atoms with E-state index in [1.165, 1.54) is 23.8 Å². The molecule has 0 aromatic heterocycles. The van der Waals surface area contributed by atoms with Crippen LogP contribution >= 0.6 is 0 Å². The maximum absolute atomic E-state index is 13.9. The molecular weight excluding hydrogens is 340 g/mol. The van der Waals surface area contributed by atoms with Crippen LogP contribution in [0.2, 0.25) is 0 Å². The molecule has 1 unspecified atom stereocenters. The van der Waals surface area contributed by atoms with Gasteiger partial charge in [0.2, 0.25) is 11.8 Å². The molecule has 2 aliphatic heterocycles. The summed E-state index contributed by atoms with van der Waals surface area (Å²) < 4.78 is 27.0. The van der Waals surface area contributed by atoms with Crippen LogP contribution in [0.25, 0.3) is 0 Å². The normalized spacial score (nSPS) is 24.9. The van der Waals surface area contributed by atoms with Gasteiger partial charge in [-0.2, -0.15) is 0 Å². The number of hydrogen-bond acceptors (Lipinski definition) is 3. The fourth-order valence-corrected chi connectivity index (χ4v) is 3.98. The minimum Gasteiger partial charge on any atom is -0.353 e. The summed E-state index contributed by atoms with van der Waals surface area (Å²) in [6, 6.07) is 4.01. The quantitative estimate of drug-likeness (QED) is 0.891. The van der Waals surface area contributed by atoms with E-state index in [4.69, 9.17) is 0 Å². The van der Waals surface area contributed by atoms with Crippen LogP contribution in [0, 0.1) is 17.6 Å². The Labute approximate surface area is 151 Å². The van der Waals surface area contributed by atoms with Gasteiger partial charge in [0, 0.05) is 44.2 Å². The van der Waals surface area contributed by atoms with E-state index in [2.05, 4.69) is 10.2 Å². The number of amides is 2. The molecule has 140 valence electrons. The monoisotopic (exact) mass is 363 g/mol. The minimum atomic E-state index is -0.785. The number of likely N-dealkylation sites (tertiary alicyclic amines) is 1. The molecule has 1 aromatic rings. The molecule has 0 spiro atoms. The van der Waals surface area contributed by atoms with Gasteiger partial charge in [0.25, 0.3) is 0 Å². The van der Waals surface area contributed by atoms with Crippen molar-refractivity contribution in [2.45, 2.75) is 44.2 Å². The number of carbonyl (C=O) groups excluding carboxylic acids is 2. The molecule has 0 bridgehead atoms. The number of hydrogen-bond donors (Lipinski definition) is 1. The molecule has 1 N–H and O–H groups in total. The van der Waals surface area contributed by atoms with Crippen LogP contribution in [0.5, 0.6) is 0 Å². The molecule has 26 heavy (non-hydrogen) atoms. The molecule has 0 radical (unpaired) electrons. The predicted molar refractivity (Wildman–Crippen MR) is 92.6 cm³/mol. The molecule has 3 aliphatic rings. The maximum Gasteiger partial charge on any atom is 0.227 e. The Bertz CT molecular complexity index is 715. The third-order valence-electron chi connectivity index (χ3n) is 5.64. The summed E-state index contributed by atoms with van der Waals surface area (Å²) >= 11 is 0. The van der Waals surface area contributed by atoms with E-state index in [-0.39, 0.29) is 36.5 Å². The predicted octanol–water partition coefficient (Wildman–Crippen LogP) is 2.06. The van der Waals surface area contributed by atoms with Crippen molar-refractivity contribution < 1.29 is 18.4 Å². The molecule has 1 atom stereocenters. The summed E-state index contributed by atoms with van der Waals surface area (Å²) in [5.74, 6) is -2.42. The SMILES string of the molecule is O=C(NC1CCN(C2CC2)CC1)C1CC(=O)N(c2ccc(F)cc2F)C1. The zero-order valence-electron chi connectivity index (χ0n) is 14.6. The number of nitrogens with one attached hydrogen (secondary N) is 1. The van der Waals surface area contributed by atoms with Crippen LogP contribution in [-0.4, -0.2) is 48.4 Å². The Kier molecular flexibility index (Phi) is 4.65. The number of anilines is 1. The minimum absolute atomic E-state index is 0.0319. The summed E-state index contributed by atoms with van der Waals surface area (Å²) in [6.07, 6.45) is 4.50. The second-order valence-electron chi connectivity index (χ2n) is 7.55. The molecule has 1 aliphatic carbocycles. The maximum atomic E-state index is 13.9. The number of nitrogens with zero attached hydrogens (tertiary/aromatic N) is 2. The van der Waals surface area contributed by atoms with Gasteiger partial charge >= 0.3 is 0 Å². The Hall–Kier alpha value is -2.02. The molecule has 1 saturated carbocycles. The molecule has 2 saturated heterocycles. The van der Waals surface area contributed by atoms with Crippen LogP contribution in [0.15, 0.2) is 18.2 Å². The van der Waals surface area contributed by atoms with Crippen molar-refractivity contribution in [2.75, 3.05) is 24.5 Å². The van der Waals surface area contributed by atoms with Crippen LogP contribution in [0.3, 0.4) is 0 Å². The summed E-state index contributed by atoms with van der Waals surface area (Å²) in [5.41, 5.74) is 0.0319. The molecule has 7 heteroatoms. The van der Waals surface area contributed by atoms with Gasteiger partial charge in [-0.15, -0.1) is 0 Å². The first-order valence-electron chi connectivity index (χ1n) is 9.31. The highest BCUT2D eigenvalue weighted by atomic mass is 19.1. The summed E-state index contributed by atoms with van der Waals surface area (Å²) in [5, 5.41) is 3.06. The second-order valence-corrected chi connectivity index (χ2v) is 7.55. The van der Waals surface area contributed by atoms with E-state index in [0.29, 0.717) is 0 Å². The van der Waals surface area contributed by atoms with Gasteiger partial charge in [0.1, 0.15) is 11.6 Å². The van der Waals surface area contributed by atoms with E-state index >= 15 is 0 Å². The lowest BCUT2D eigenvalue weighted by atomic mass is 10.0. The number of benzene rings is 1. The van der Waals surface area contributed by atoms with Crippen LogP contribution < -0.4 is 10.2 Å². The van der Waals surface area contributed by atoms with E-state index < -0.39 is 17.6 Å². The third kappa shape index (κ3) is 3.58. The number of piperidine rings is 1. The average Bonchev–Trinajstić information content (AvgIpc) is 3.38. The lowest BCUT2D eigenvalue weighted by Gasteiger charge is -2.32. The van der Waals surface area contributed by atoms with Crippen molar-refractivity contribution in [3.05, 3.63) is 29.8 Å². The van der Waals surface area contributed by atoms with E-state index in [9.17, 15) is 18.4 Å². The third-order valence-corrected chi connectivity index (χ3v) is 5.64. The highest BCUT2D eigenvalue weighted by Gasteiger charge is 2.38. The molecule has 4 rings (SSSR count). The van der Waals surface area contributed by atoms with E-state index in [1.54, 1.807) is 0 Å². The first-order valence-corrected chi connectivity index (χ1v) is 9.31. The van der Waals surface area contributed by atoms with Gasteiger partial charge in [0.05, 0.1) is 11.6 Å². The van der Waals surface area contributed by atoms with Crippen LogP contribution in [0.1, 0.15) is 32.1 Å². The summed E-state index contributed by atoms with van der Waals surface area (Å²) in [6.45, 7) is 2.15. The van der Waals surface area contributed by atoms with Gasteiger partial charge < -0.3 is 15.1 Å². The molecule has 1 aromatic carbocycles. The van der Waals surface area contributed by atoms with Gasteiger partial charge in [-0.1, -0.05) is 0 Å². The fraction of sp³-hybridized carbons (Fsp3) is 0.579. The van der Waals surface area contributed by atoms with Gasteiger partial charge in [0.15, 0.2) is 0 Å². The average molecular weight is 363 g/mol. The zero-order valence-corrected chi connectivity index (χ0v) is 14.6. The lowest BCUT2D eigenvalue weighted by molar-refractivity contribution is -0.127. The number of halogens is 2. The number of carbonyl (C=O) groups is 2. The first kappa shape index (κ1) is 17.4. The van der Waals surface area contributed by atoms with Crippen molar-refractivity contribution in [1.82, 2.24) is 10.2 Å². The van der Waals surface area contributed by atoms with Gasteiger partial charge in [-0.05, 0) is 37.8 Å². The van der Waals surface area contributed by atoms with Crippen LogP contribution in [-0.2, 0) is 9.59 Å². The lowest BCUT2D eigenvalue weighted by Crippen LogP contribution is -2.47. The van der Waals surface area contributed by atoms with Gasteiger partial charge in [-0.25, -0.2) is 8.78 Å². The highest BCUT2D eigenvalue weighted by Crippen LogP contribution is 2.30.